The standard InChI is InChI=1S/C37H44N2O7/c1-3-4-5-6-8-23-44-32-21-15-30(16-22-32)37(43)46-33-19-11-28(12-20-33)26-39(25-27(2)40)36(42)29-13-17-31(18-14-29)38-35(41)34-10-7-9-24-45-34/h11-22,34H,3-10,23-26H2,1-2H3,(H,38,41). The molecule has 0 spiro atoms. The maximum atomic E-state index is 13.4. The Morgan fingerprint density at radius 1 is 0.826 bits per heavy atom. The van der Waals surface area contributed by atoms with Crippen LogP contribution in [0.4, 0.5) is 5.69 Å². The lowest BCUT2D eigenvalue weighted by molar-refractivity contribution is -0.130. The number of hydrogen-bond acceptors (Lipinski definition) is 7. The summed E-state index contributed by atoms with van der Waals surface area (Å²) in [5.74, 6) is -0.0762. The van der Waals surface area contributed by atoms with Crippen LogP contribution in [0, 0.1) is 0 Å². The molecule has 0 aliphatic carbocycles. The van der Waals surface area contributed by atoms with E-state index in [9.17, 15) is 19.2 Å². The molecule has 46 heavy (non-hydrogen) atoms. The van der Waals surface area contributed by atoms with E-state index in [1.54, 1.807) is 72.8 Å². The first-order chi connectivity index (χ1) is 22.3. The monoisotopic (exact) mass is 628 g/mol. The summed E-state index contributed by atoms with van der Waals surface area (Å²) in [6.45, 7) is 4.97. The van der Waals surface area contributed by atoms with E-state index in [1.165, 1.54) is 31.1 Å². The number of esters is 1. The molecular weight excluding hydrogens is 584 g/mol. The van der Waals surface area contributed by atoms with Gasteiger partial charge in [-0.15, -0.1) is 0 Å². The molecule has 4 rings (SSSR count). The molecule has 0 saturated carbocycles. The summed E-state index contributed by atoms with van der Waals surface area (Å²) in [7, 11) is 0. The number of nitrogens with one attached hydrogen (secondary N) is 1. The quantitative estimate of drug-likeness (QED) is 0.103. The lowest BCUT2D eigenvalue weighted by atomic mass is 10.1. The molecule has 244 valence electrons. The first-order valence-corrected chi connectivity index (χ1v) is 16.2. The molecule has 2 amide bonds. The highest BCUT2D eigenvalue weighted by molar-refractivity contribution is 5.98. The second kappa shape index (κ2) is 17.8. The largest absolute Gasteiger partial charge is 0.494 e. The number of anilines is 1. The van der Waals surface area contributed by atoms with Crippen LogP contribution in [0.3, 0.4) is 0 Å². The highest BCUT2D eigenvalue weighted by atomic mass is 16.5. The smallest absolute Gasteiger partial charge is 0.343 e. The Morgan fingerprint density at radius 2 is 1.50 bits per heavy atom. The van der Waals surface area contributed by atoms with Crippen LogP contribution in [0.1, 0.15) is 91.5 Å². The van der Waals surface area contributed by atoms with Crippen molar-refractivity contribution < 1.29 is 33.4 Å². The van der Waals surface area contributed by atoms with Crippen LogP contribution in [0.2, 0.25) is 0 Å². The van der Waals surface area contributed by atoms with Gasteiger partial charge < -0.3 is 24.4 Å². The Bertz CT molecular complexity index is 1430. The Morgan fingerprint density at radius 3 is 2.15 bits per heavy atom. The van der Waals surface area contributed by atoms with E-state index in [4.69, 9.17) is 14.2 Å². The van der Waals surface area contributed by atoms with Crippen LogP contribution < -0.4 is 14.8 Å². The summed E-state index contributed by atoms with van der Waals surface area (Å²) in [4.78, 5) is 52.0. The molecular formula is C37H44N2O7. The number of rotatable bonds is 16. The van der Waals surface area contributed by atoms with Crippen molar-refractivity contribution in [1.29, 1.82) is 0 Å². The Balaban J connectivity index is 1.29. The lowest BCUT2D eigenvalue weighted by Crippen LogP contribution is -2.34. The van der Waals surface area contributed by atoms with Crippen LogP contribution >= 0.6 is 0 Å². The van der Waals surface area contributed by atoms with Gasteiger partial charge in [-0.1, -0.05) is 44.7 Å². The molecule has 1 heterocycles. The first-order valence-electron chi connectivity index (χ1n) is 16.2. The molecule has 0 radical (unpaired) electrons. The van der Waals surface area contributed by atoms with Crippen LogP contribution in [-0.4, -0.2) is 54.3 Å². The van der Waals surface area contributed by atoms with Crippen molar-refractivity contribution in [3.63, 3.8) is 0 Å². The van der Waals surface area contributed by atoms with Crippen molar-refractivity contribution in [2.45, 2.75) is 77.9 Å². The van der Waals surface area contributed by atoms with Crippen molar-refractivity contribution in [3.05, 3.63) is 89.5 Å². The minimum atomic E-state index is -0.488. The van der Waals surface area contributed by atoms with Crippen LogP contribution in [-0.2, 0) is 20.9 Å². The first kappa shape index (κ1) is 34.4. The summed E-state index contributed by atoms with van der Waals surface area (Å²) in [6, 6.07) is 20.3. The van der Waals surface area contributed by atoms with Gasteiger partial charge in [0.25, 0.3) is 11.8 Å². The van der Waals surface area contributed by atoms with E-state index in [0.29, 0.717) is 47.9 Å². The molecule has 9 heteroatoms. The van der Waals surface area contributed by atoms with E-state index < -0.39 is 12.1 Å². The molecule has 3 aromatic rings. The van der Waals surface area contributed by atoms with Crippen molar-refractivity contribution in [2.24, 2.45) is 0 Å². The van der Waals surface area contributed by atoms with Gasteiger partial charge in [0.05, 0.1) is 18.7 Å². The summed E-state index contributed by atoms with van der Waals surface area (Å²) in [6.07, 6.45) is 7.96. The van der Waals surface area contributed by atoms with E-state index >= 15 is 0 Å². The van der Waals surface area contributed by atoms with Crippen molar-refractivity contribution in [1.82, 2.24) is 4.90 Å². The van der Waals surface area contributed by atoms with Gasteiger partial charge in [0.15, 0.2) is 0 Å². The molecule has 3 aromatic carbocycles. The van der Waals surface area contributed by atoms with Gasteiger partial charge >= 0.3 is 5.97 Å². The van der Waals surface area contributed by atoms with Gasteiger partial charge in [-0.2, -0.15) is 0 Å². The fraction of sp³-hybridized carbons (Fsp3) is 0.405. The van der Waals surface area contributed by atoms with Gasteiger partial charge in [0.2, 0.25) is 0 Å². The Hall–Kier alpha value is -4.50. The van der Waals surface area contributed by atoms with Crippen LogP contribution in [0.25, 0.3) is 0 Å². The Kier molecular flexibility index (Phi) is 13.3. The zero-order valence-electron chi connectivity index (χ0n) is 26.8. The van der Waals surface area contributed by atoms with Crippen molar-refractivity contribution >= 4 is 29.3 Å². The summed E-state index contributed by atoms with van der Waals surface area (Å²) in [5.41, 5.74) is 2.13. The van der Waals surface area contributed by atoms with E-state index in [2.05, 4.69) is 12.2 Å². The molecule has 1 unspecified atom stereocenters. The number of unbranched alkanes of at least 4 members (excludes halogenated alkanes) is 4. The van der Waals surface area contributed by atoms with Gasteiger partial charge in [0.1, 0.15) is 23.4 Å². The number of ketones is 1. The third-order valence-electron chi connectivity index (χ3n) is 7.69. The topological polar surface area (TPSA) is 111 Å². The number of nitrogens with zero attached hydrogens (tertiary/aromatic N) is 1. The second-order valence-electron chi connectivity index (χ2n) is 11.6. The molecule has 0 aromatic heterocycles. The highest BCUT2D eigenvalue weighted by Crippen LogP contribution is 2.20. The molecule has 0 bridgehead atoms. The predicted molar refractivity (Wildman–Crippen MR) is 176 cm³/mol. The number of Topliss-reactive ketones (excluding diaryl/α,β-unsaturated/α-hetero) is 1. The van der Waals surface area contributed by atoms with E-state index in [-0.39, 0.29) is 30.7 Å². The average molecular weight is 629 g/mol. The molecule has 1 N–H and O–H groups in total. The van der Waals surface area contributed by atoms with Gasteiger partial charge in [0, 0.05) is 24.4 Å². The number of amides is 2. The maximum absolute atomic E-state index is 13.4. The number of benzene rings is 3. The number of carbonyl (C=O) groups excluding carboxylic acids is 4. The molecule has 1 atom stereocenters. The average Bonchev–Trinajstić information content (AvgIpc) is 3.07. The summed E-state index contributed by atoms with van der Waals surface area (Å²) >= 11 is 0. The summed E-state index contributed by atoms with van der Waals surface area (Å²) in [5, 5.41) is 2.84. The van der Waals surface area contributed by atoms with Gasteiger partial charge in [-0.05, 0) is 98.8 Å². The SMILES string of the molecule is CCCCCCCOc1ccc(C(=O)Oc2ccc(CN(CC(C)=O)C(=O)c3ccc(NC(=O)C4CCCCO4)cc3)cc2)cc1. The number of ether oxygens (including phenoxy) is 3. The fourth-order valence-corrected chi connectivity index (χ4v) is 5.15. The molecule has 9 nitrogen and oxygen atoms in total. The van der Waals surface area contributed by atoms with Crippen LogP contribution in [0.5, 0.6) is 11.5 Å². The van der Waals surface area contributed by atoms with Gasteiger partial charge in [-0.3, -0.25) is 14.4 Å². The maximum Gasteiger partial charge on any atom is 0.343 e. The third-order valence-corrected chi connectivity index (χ3v) is 7.69. The minimum absolute atomic E-state index is 0.0638. The third kappa shape index (κ3) is 10.8. The number of carbonyl (C=O) groups is 4. The van der Waals surface area contributed by atoms with Crippen molar-refractivity contribution in [3.8, 4) is 11.5 Å². The normalized spacial score (nSPS) is 14.3. The molecule has 1 saturated heterocycles. The molecule has 1 aliphatic rings. The van der Waals surface area contributed by atoms with Crippen LogP contribution in [0.15, 0.2) is 72.8 Å². The Labute approximate surface area is 271 Å². The van der Waals surface area contributed by atoms with E-state index in [1.807, 2.05) is 0 Å². The zero-order valence-corrected chi connectivity index (χ0v) is 26.8. The van der Waals surface area contributed by atoms with Gasteiger partial charge in [-0.25, -0.2) is 4.79 Å². The second-order valence-corrected chi connectivity index (χ2v) is 11.6. The zero-order chi connectivity index (χ0) is 32.7. The van der Waals surface area contributed by atoms with Crippen molar-refractivity contribution in [2.75, 3.05) is 25.1 Å². The predicted octanol–water partition coefficient (Wildman–Crippen LogP) is 6.99. The van der Waals surface area contributed by atoms with E-state index in [0.717, 1.165) is 31.2 Å². The minimum Gasteiger partial charge on any atom is -0.494 e. The summed E-state index contributed by atoms with van der Waals surface area (Å²) < 4.78 is 16.9. The number of hydrogen-bond donors (Lipinski definition) is 1. The molecule has 1 fully saturated rings. The highest BCUT2D eigenvalue weighted by Gasteiger charge is 2.23. The molecule has 1 aliphatic heterocycles. The fourth-order valence-electron chi connectivity index (χ4n) is 5.15. The lowest BCUT2D eigenvalue weighted by Gasteiger charge is -2.23.